The standard InChI is InChI=1S/2C7H12O2.C7H8.2CH3.Ru/c2*1-5(2)7(9)4-6(3)8;1-2-7-4-3-6(1)5-7;;;/h2*4-5,8H,1-3H3;1-4,6-7H,5H2;2*1H3;/q;;;2*-1;+2. The third-order valence-electron chi connectivity index (χ3n) is 3.60. The first kappa shape index (κ1) is 34.1. The summed E-state index contributed by atoms with van der Waals surface area (Å²) in [6.45, 7) is 10.1. The summed E-state index contributed by atoms with van der Waals surface area (Å²) >= 11 is 0. The van der Waals surface area contributed by atoms with Crippen LogP contribution in [0.3, 0.4) is 0 Å². The second kappa shape index (κ2) is 17.6. The maximum atomic E-state index is 10.7. The molecular weight excluding hydrogens is 441 g/mol. The molecule has 0 atom stereocenters. The number of hydrogen-bond donors (Lipinski definition) is 2. The molecule has 2 bridgehead atoms. The van der Waals surface area contributed by atoms with Gasteiger partial charge in [0.1, 0.15) is 0 Å². The number of carbonyl (C=O) groups excluding carboxylic acids is 2. The van der Waals surface area contributed by atoms with Crippen molar-refractivity contribution in [3.63, 3.8) is 0 Å². The molecule has 0 unspecified atom stereocenters. The van der Waals surface area contributed by atoms with Crippen LogP contribution in [0.4, 0.5) is 0 Å². The molecule has 0 aliphatic heterocycles. The number of ketones is 2. The van der Waals surface area contributed by atoms with E-state index in [-0.39, 0.29) is 69.3 Å². The zero-order chi connectivity index (χ0) is 19.6. The van der Waals surface area contributed by atoms with Crippen molar-refractivity contribution in [3.05, 3.63) is 62.8 Å². The summed E-state index contributed by atoms with van der Waals surface area (Å²) in [5.41, 5.74) is 0. The van der Waals surface area contributed by atoms with Crippen LogP contribution >= 0.6 is 0 Å². The molecule has 0 radical (unpaired) electrons. The molecular formula is C23H38O4Ru. The molecule has 0 aromatic carbocycles. The first-order valence-electron chi connectivity index (χ1n) is 8.71. The van der Waals surface area contributed by atoms with Crippen molar-refractivity contribution in [3.8, 4) is 0 Å². The molecule has 2 aliphatic carbocycles. The summed E-state index contributed by atoms with van der Waals surface area (Å²) in [7, 11) is 0. The molecule has 0 saturated carbocycles. The Kier molecular flexibility index (Phi) is 21.4. The SMILES string of the molecule is C1=CC2C=CC1C2.CC(O)=CC(=O)C(C)C.CC(O)=CC(=O)C(C)C.[CH3-].[CH3-].[Ru+2]. The Morgan fingerprint density at radius 1 is 0.786 bits per heavy atom. The van der Waals surface area contributed by atoms with Crippen LogP contribution in [0.15, 0.2) is 48.0 Å². The van der Waals surface area contributed by atoms with Crippen molar-refractivity contribution in [2.75, 3.05) is 0 Å². The molecule has 28 heavy (non-hydrogen) atoms. The van der Waals surface area contributed by atoms with Crippen molar-refractivity contribution in [2.45, 2.75) is 48.0 Å². The number of carbonyl (C=O) groups is 2. The minimum Gasteiger partial charge on any atom is -0.512 e. The maximum Gasteiger partial charge on any atom is 2.00 e. The minimum atomic E-state index is -0.0324. The van der Waals surface area contributed by atoms with Crippen LogP contribution in [0, 0.1) is 38.5 Å². The average Bonchev–Trinajstić information content (AvgIpc) is 3.12. The molecule has 0 amide bonds. The van der Waals surface area contributed by atoms with Gasteiger partial charge in [-0.15, -0.1) is 0 Å². The van der Waals surface area contributed by atoms with Crippen molar-refractivity contribution >= 4 is 11.6 Å². The molecule has 0 spiro atoms. The van der Waals surface area contributed by atoms with E-state index in [0.29, 0.717) is 0 Å². The topological polar surface area (TPSA) is 74.6 Å². The summed E-state index contributed by atoms with van der Waals surface area (Å²) in [5, 5.41) is 17.2. The average molecular weight is 480 g/mol. The van der Waals surface area contributed by atoms with E-state index in [2.05, 4.69) is 24.3 Å². The Balaban J connectivity index is -0.000000147. The van der Waals surface area contributed by atoms with Crippen LogP contribution in [0.2, 0.25) is 0 Å². The first-order chi connectivity index (χ1) is 11.5. The van der Waals surface area contributed by atoms with E-state index in [1.165, 1.54) is 32.4 Å². The Bertz CT molecular complexity index is 499. The first-order valence-corrected chi connectivity index (χ1v) is 8.71. The smallest absolute Gasteiger partial charge is 0.512 e. The third-order valence-corrected chi connectivity index (χ3v) is 3.60. The van der Waals surface area contributed by atoms with Crippen LogP contribution in [-0.4, -0.2) is 21.8 Å². The van der Waals surface area contributed by atoms with Crippen molar-refractivity contribution < 1.29 is 39.3 Å². The zero-order valence-electron chi connectivity index (χ0n) is 18.5. The molecule has 162 valence electrons. The van der Waals surface area contributed by atoms with Crippen molar-refractivity contribution in [2.24, 2.45) is 23.7 Å². The number of allylic oxidation sites excluding steroid dienone is 8. The van der Waals surface area contributed by atoms with Crippen molar-refractivity contribution in [1.82, 2.24) is 0 Å². The fourth-order valence-electron chi connectivity index (χ4n) is 2.07. The fraction of sp³-hybridized carbons (Fsp3) is 0.478. The summed E-state index contributed by atoms with van der Waals surface area (Å²) in [4.78, 5) is 21.4. The van der Waals surface area contributed by atoms with E-state index in [9.17, 15) is 9.59 Å². The van der Waals surface area contributed by atoms with E-state index in [0.717, 1.165) is 11.8 Å². The predicted octanol–water partition coefficient (Wildman–Crippen LogP) is 5.99. The predicted molar refractivity (Wildman–Crippen MR) is 115 cm³/mol. The summed E-state index contributed by atoms with van der Waals surface area (Å²) in [5.74, 6) is 1.67. The maximum absolute atomic E-state index is 10.7. The molecule has 2 N–H and O–H groups in total. The molecule has 0 saturated heterocycles. The Hall–Kier alpha value is -1.48. The van der Waals surface area contributed by atoms with E-state index >= 15 is 0 Å². The van der Waals surface area contributed by atoms with Gasteiger partial charge < -0.3 is 25.1 Å². The summed E-state index contributed by atoms with van der Waals surface area (Å²) < 4.78 is 0. The van der Waals surface area contributed by atoms with Gasteiger partial charge in [0, 0.05) is 24.0 Å². The van der Waals surface area contributed by atoms with Gasteiger partial charge in [0.05, 0.1) is 11.5 Å². The van der Waals surface area contributed by atoms with Crippen LogP contribution in [0.1, 0.15) is 48.0 Å². The van der Waals surface area contributed by atoms with E-state index in [1.807, 2.05) is 0 Å². The quantitative estimate of drug-likeness (QED) is 0.171. The van der Waals surface area contributed by atoms with E-state index in [4.69, 9.17) is 10.2 Å². The van der Waals surface area contributed by atoms with Crippen LogP contribution in [0.25, 0.3) is 0 Å². The molecule has 2 rings (SSSR count). The number of hydrogen-bond acceptors (Lipinski definition) is 4. The van der Waals surface area contributed by atoms with Crippen LogP contribution in [-0.2, 0) is 29.1 Å². The van der Waals surface area contributed by atoms with Gasteiger partial charge in [0.2, 0.25) is 0 Å². The number of aliphatic hydroxyl groups is 2. The van der Waals surface area contributed by atoms with Gasteiger partial charge >= 0.3 is 19.5 Å². The molecule has 5 heteroatoms. The second-order valence-corrected chi connectivity index (χ2v) is 7.02. The molecule has 0 fully saturated rings. The summed E-state index contributed by atoms with van der Waals surface area (Å²) in [6, 6.07) is 0. The number of rotatable bonds is 4. The normalized spacial score (nSPS) is 18.7. The molecule has 4 nitrogen and oxygen atoms in total. The van der Waals surface area contributed by atoms with Gasteiger partial charge in [-0.05, 0) is 32.1 Å². The Morgan fingerprint density at radius 3 is 1.11 bits per heavy atom. The molecule has 0 aromatic heterocycles. The van der Waals surface area contributed by atoms with Gasteiger partial charge in [-0.3, -0.25) is 9.59 Å². The second-order valence-electron chi connectivity index (χ2n) is 7.02. The van der Waals surface area contributed by atoms with Gasteiger partial charge in [-0.1, -0.05) is 52.0 Å². The molecule has 0 heterocycles. The minimum absolute atomic E-state index is 0. The molecule has 0 aromatic rings. The van der Waals surface area contributed by atoms with E-state index < -0.39 is 0 Å². The largest absolute Gasteiger partial charge is 2.00 e. The van der Waals surface area contributed by atoms with Crippen LogP contribution < -0.4 is 0 Å². The van der Waals surface area contributed by atoms with Crippen molar-refractivity contribution in [1.29, 1.82) is 0 Å². The molecule has 2 aliphatic rings. The monoisotopic (exact) mass is 480 g/mol. The zero-order valence-corrected chi connectivity index (χ0v) is 20.3. The van der Waals surface area contributed by atoms with Gasteiger partial charge in [-0.2, -0.15) is 0 Å². The van der Waals surface area contributed by atoms with Gasteiger partial charge in [-0.25, -0.2) is 0 Å². The fourth-order valence-corrected chi connectivity index (χ4v) is 2.07. The Labute approximate surface area is 185 Å². The number of fused-ring (bicyclic) bond motifs is 2. The number of aliphatic hydroxyl groups excluding tert-OH is 2. The Morgan fingerprint density at radius 2 is 1.04 bits per heavy atom. The van der Waals surface area contributed by atoms with Gasteiger partial charge in [0.15, 0.2) is 11.6 Å². The van der Waals surface area contributed by atoms with Crippen LogP contribution in [0.5, 0.6) is 0 Å². The summed E-state index contributed by atoms with van der Waals surface area (Å²) in [6.07, 6.45) is 13.0. The van der Waals surface area contributed by atoms with E-state index in [1.54, 1.807) is 27.7 Å². The third kappa shape index (κ3) is 16.7. The van der Waals surface area contributed by atoms with Gasteiger partial charge in [0.25, 0.3) is 0 Å².